The van der Waals surface area contributed by atoms with Crippen molar-refractivity contribution in [1.82, 2.24) is 5.32 Å². The zero-order chi connectivity index (χ0) is 26.7. The van der Waals surface area contributed by atoms with E-state index in [0.717, 1.165) is 4.90 Å². The number of barbiturate groups is 1. The molecule has 0 saturated carbocycles. The average Bonchev–Trinajstić information content (AvgIpc) is 2.86. The number of carbonyl (C=O) groups excluding carboxylic acids is 3. The molecule has 0 atom stereocenters. The first kappa shape index (κ1) is 25.7. The van der Waals surface area contributed by atoms with E-state index in [0.29, 0.717) is 11.3 Å². The number of amides is 4. The maximum absolute atomic E-state index is 13.2. The number of methoxy groups -OCH3 is 1. The molecule has 1 N–H and O–H groups in total. The maximum Gasteiger partial charge on any atom is 0.335 e. The first-order valence-corrected chi connectivity index (χ1v) is 11.3. The minimum absolute atomic E-state index is 0.0217. The Kier molecular flexibility index (Phi) is 7.42. The summed E-state index contributed by atoms with van der Waals surface area (Å²) in [5.74, 6) is -1.14. The van der Waals surface area contributed by atoms with Crippen molar-refractivity contribution in [2.45, 2.75) is 6.61 Å². The van der Waals surface area contributed by atoms with Crippen molar-refractivity contribution in [3.05, 3.63) is 97.5 Å². The summed E-state index contributed by atoms with van der Waals surface area (Å²) in [5, 5.41) is 13.3. The van der Waals surface area contributed by atoms with E-state index < -0.39 is 22.8 Å². The number of nitrogens with zero attached hydrogens (tertiary/aromatic N) is 2. The fourth-order valence-corrected chi connectivity index (χ4v) is 4.05. The molecule has 0 radical (unpaired) electrons. The molecule has 10 nitrogen and oxygen atoms in total. The molecule has 0 aromatic heterocycles. The predicted molar refractivity (Wildman–Crippen MR) is 136 cm³/mol. The first-order chi connectivity index (χ1) is 17.7. The standard InChI is InChI=1S/C25H17Cl2N3O7/c1-36-19-8-6-17(7-9-19)29-24(32)20(23(31)28-25(29)33)11-15-10-16(26)12-21(27)22(15)37-13-14-2-4-18(5-3-14)30(34)35/h2-12H,13H2,1H3,(H,28,31,33)/b20-11+. The number of urea groups is 1. The third-order valence-corrected chi connectivity index (χ3v) is 5.80. The second kappa shape index (κ2) is 10.7. The van der Waals surface area contributed by atoms with E-state index in [9.17, 15) is 24.5 Å². The summed E-state index contributed by atoms with van der Waals surface area (Å²) >= 11 is 12.5. The highest BCUT2D eigenvalue weighted by atomic mass is 35.5. The van der Waals surface area contributed by atoms with Crippen molar-refractivity contribution < 1.29 is 28.8 Å². The lowest BCUT2D eigenvalue weighted by Gasteiger charge is -2.26. The summed E-state index contributed by atoms with van der Waals surface area (Å²) in [4.78, 5) is 49.5. The van der Waals surface area contributed by atoms with Gasteiger partial charge in [0.1, 0.15) is 23.7 Å². The number of nitro groups is 1. The van der Waals surface area contributed by atoms with Gasteiger partial charge >= 0.3 is 6.03 Å². The molecule has 1 aliphatic heterocycles. The first-order valence-electron chi connectivity index (χ1n) is 10.6. The Labute approximate surface area is 220 Å². The summed E-state index contributed by atoms with van der Waals surface area (Å²) in [7, 11) is 1.48. The van der Waals surface area contributed by atoms with Gasteiger partial charge in [0.05, 0.1) is 22.7 Å². The van der Waals surface area contributed by atoms with Gasteiger partial charge in [0, 0.05) is 22.7 Å². The number of ether oxygens (including phenoxy) is 2. The SMILES string of the molecule is COc1ccc(N2C(=O)NC(=O)/C(=C\c3cc(Cl)cc(Cl)c3OCc3ccc([N+](=O)[O-])cc3)C2=O)cc1. The number of hydrogen-bond donors (Lipinski definition) is 1. The number of halogens is 2. The number of nitro benzene ring substituents is 1. The van der Waals surface area contributed by atoms with E-state index >= 15 is 0 Å². The summed E-state index contributed by atoms with van der Waals surface area (Å²) < 4.78 is 10.9. The third-order valence-electron chi connectivity index (χ3n) is 5.30. The zero-order valence-electron chi connectivity index (χ0n) is 19.1. The maximum atomic E-state index is 13.2. The van der Waals surface area contributed by atoms with Crippen LogP contribution in [0.4, 0.5) is 16.2 Å². The van der Waals surface area contributed by atoms with E-state index in [1.807, 2.05) is 0 Å². The van der Waals surface area contributed by atoms with Crippen LogP contribution in [0.5, 0.6) is 11.5 Å². The van der Waals surface area contributed by atoms with Crippen LogP contribution in [0.3, 0.4) is 0 Å². The minimum atomic E-state index is -0.906. The number of anilines is 1. The summed E-state index contributed by atoms with van der Waals surface area (Å²) in [6.07, 6.45) is 1.23. The Morgan fingerprint density at radius 1 is 1.03 bits per heavy atom. The van der Waals surface area contributed by atoms with Gasteiger partial charge in [0.15, 0.2) is 0 Å². The zero-order valence-corrected chi connectivity index (χ0v) is 20.6. The van der Waals surface area contributed by atoms with Crippen molar-refractivity contribution in [3.8, 4) is 11.5 Å². The van der Waals surface area contributed by atoms with Gasteiger partial charge in [-0.2, -0.15) is 0 Å². The Morgan fingerprint density at radius 2 is 1.70 bits per heavy atom. The average molecular weight is 542 g/mol. The number of benzene rings is 3. The van der Waals surface area contributed by atoms with Crippen molar-refractivity contribution in [3.63, 3.8) is 0 Å². The second-order valence-corrected chi connectivity index (χ2v) is 8.52. The summed E-state index contributed by atoms with van der Waals surface area (Å²) in [6, 6.07) is 13.8. The second-order valence-electron chi connectivity index (χ2n) is 7.67. The van der Waals surface area contributed by atoms with Crippen LogP contribution >= 0.6 is 23.2 Å². The molecule has 0 aliphatic carbocycles. The summed E-state index contributed by atoms with van der Waals surface area (Å²) in [6.45, 7) is -0.0217. The topological polar surface area (TPSA) is 128 Å². The molecule has 3 aromatic carbocycles. The molecule has 1 saturated heterocycles. The number of nitrogens with one attached hydrogen (secondary N) is 1. The largest absolute Gasteiger partial charge is 0.497 e. The molecule has 0 spiro atoms. The smallest absolute Gasteiger partial charge is 0.335 e. The molecular formula is C25H17Cl2N3O7. The molecule has 4 amide bonds. The highest BCUT2D eigenvalue weighted by Gasteiger charge is 2.37. The van der Waals surface area contributed by atoms with Crippen LogP contribution in [-0.4, -0.2) is 29.9 Å². The lowest BCUT2D eigenvalue weighted by atomic mass is 10.1. The lowest BCUT2D eigenvalue weighted by Crippen LogP contribution is -2.54. The molecule has 188 valence electrons. The molecule has 1 fully saturated rings. The minimum Gasteiger partial charge on any atom is -0.497 e. The molecule has 0 bridgehead atoms. The quantitative estimate of drug-likeness (QED) is 0.189. The van der Waals surface area contributed by atoms with Crippen molar-refractivity contribution in [2.24, 2.45) is 0 Å². The normalized spacial score (nSPS) is 14.5. The number of imide groups is 2. The van der Waals surface area contributed by atoms with Gasteiger partial charge in [-0.15, -0.1) is 0 Å². The van der Waals surface area contributed by atoms with Crippen LogP contribution in [0.1, 0.15) is 11.1 Å². The monoisotopic (exact) mass is 541 g/mol. The van der Waals surface area contributed by atoms with Gasteiger partial charge < -0.3 is 9.47 Å². The highest BCUT2D eigenvalue weighted by Crippen LogP contribution is 2.35. The van der Waals surface area contributed by atoms with E-state index in [4.69, 9.17) is 32.7 Å². The van der Waals surface area contributed by atoms with Gasteiger partial charge in [-0.3, -0.25) is 25.0 Å². The fraction of sp³-hybridized carbons (Fsp3) is 0.0800. The van der Waals surface area contributed by atoms with Gasteiger partial charge in [-0.1, -0.05) is 23.2 Å². The van der Waals surface area contributed by atoms with E-state index in [2.05, 4.69) is 5.32 Å². The Bertz CT molecular complexity index is 1440. The molecule has 37 heavy (non-hydrogen) atoms. The third kappa shape index (κ3) is 5.55. The molecule has 3 aromatic rings. The van der Waals surface area contributed by atoms with Crippen molar-refractivity contribution in [2.75, 3.05) is 12.0 Å². The highest BCUT2D eigenvalue weighted by molar-refractivity contribution is 6.40. The predicted octanol–water partition coefficient (Wildman–Crippen LogP) is 5.16. The Balaban J connectivity index is 1.67. The molecule has 1 aliphatic rings. The van der Waals surface area contributed by atoms with Crippen molar-refractivity contribution >= 4 is 58.5 Å². The van der Waals surface area contributed by atoms with E-state index in [1.165, 1.54) is 61.7 Å². The van der Waals surface area contributed by atoms with E-state index in [-0.39, 0.29) is 44.9 Å². The molecule has 1 heterocycles. The van der Waals surface area contributed by atoms with Gasteiger partial charge in [-0.25, -0.2) is 9.69 Å². The van der Waals surface area contributed by atoms with Crippen molar-refractivity contribution in [1.29, 1.82) is 0 Å². The van der Waals surface area contributed by atoms with Gasteiger partial charge in [0.2, 0.25) is 0 Å². The molecule has 4 rings (SSSR count). The number of hydrogen-bond acceptors (Lipinski definition) is 7. The van der Waals surface area contributed by atoms with Crippen LogP contribution < -0.4 is 19.7 Å². The molecular weight excluding hydrogens is 525 g/mol. The van der Waals surface area contributed by atoms with Gasteiger partial charge in [0.25, 0.3) is 17.5 Å². The van der Waals surface area contributed by atoms with Crippen LogP contribution in [-0.2, 0) is 16.2 Å². The fourth-order valence-electron chi connectivity index (χ4n) is 3.49. The molecule has 12 heteroatoms. The van der Waals surface area contributed by atoms with Crippen LogP contribution in [0.15, 0.2) is 66.2 Å². The molecule has 0 unspecified atom stereocenters. The van der Waals surface area contributed by atoms with Crippen LogP contribution in [0, 0.1) is 10.1 Å². The Hall–Kier alpha value is -4.41. The lowest BCUT2D eigenvalue weighted by molar-refractivity contribution is -0.384. The Morgan fingerprint density at radius 3 is 2.32 bits per heavy atom. The summed E-state index contributed by atoms with van der Waals surface area (Å²) in [5.41, 5.74) is 0.616. The number of carbonyl (C=O) groups is 3. The van der Waals surface area contributed by atoms with E-state index in [1.54, 1.807) is 12.1 Å². The number of non-ortho nitro benzene ring substituents is 1. The van der Waals surface area contributed by atoms with Crippen LogP contribution in [0.25, 0.3) is 6.08 Å². The van der Waals surface area contributed by atoms with Gasteiger partial charge in [-0.05, 0) is 60.2 Å². The number of rotatable bonds is 7. The van der Waals surface area contributed by atoms with Crippen LogP contribution in [0.2, 0.25) is 10.0 Å².